The van der Waals surface area contributed by atoms with Gasteiger partial charge in [-0.1, -0.05) is 78.5 Å². The van der Waals surface area contributed by atoms with Crippen LogP contribution >= 0.6 is 11.8 Å². The van der Waals surface area contributed by atoms with Gasteiger partial charge >= 0.3 is 0 Å². The van der Waals surface area contributed by atoms with Crippen LogP contribution in [-0.4, -0.2) is 17.1 Å². The summed E-state index contributed by atoms with van der Waals surface area (Å²) in [4.78, 5) is 26.3. The van der Waals surface area contributed by atoms with Gasteiger partial charge in [-0.25, -0.2) is 0 Å². The van der Waals surface area contributed by atoms with E-state index in [2.05, 4.69) is 5.32 Å². The first-order valence-corrected chi connectivity index (χ1v) is 8.79. The Hall–Kier alpha value is -2.85. The predicted molar refractivity (Wildman–Crippen MR) is 101 cm³/mol. The molecule has 3 aromatic carbocycles. The van der Waals surface area contributed by atoms with Crippen LogP contribution in [0.25, 0.3) is 0 Å². The molecule has 0 radical (unpaired) electrons. The number of rotatable bonds is 6. The topological polar surface area (TPSA) is 46.2 Å². The van der Waals surface area contributed by atoms with Crippen LogP contribution in [0, 0.1) is 0 Å². The number of amides is 1. The van der Waals surface area contributed by atoms with E-state index >= 15 is 0 Å². The van der Waals surface area contributed by atoms with Crippen molar-refractivity contribution in [3.63, 3.8) is 0 Å². The molecular formula is C21H17NO2S. The fourth-order valence-electron chi connectivity index (χ4n) is 2.33. The Morgan fingerprint density at radius 2 is 1.16 bits per heavy atom. The van der Waals surface area contributed by atoms with Gasteiger partial charge in [-0.2, -0.15) is 0 Å². The smallest absolute Gasteiger partial charge is 0.252 e. The number of benzene rings is 3. The van der Waals surface area contributed by atoms with Crippen molar-refractivity contribution in [3.8, 4) is 0 Å². The molecule has 0 bridgehead atoms. The molecule has 1 amide bonds. The molecule has 0 saturated heterocycles. The van der Waals surface area contributed by atoms with Crippen molar-refractivity contribution < 1.29 is 9.59 Å². The summed E-state index contributed by atoms with van der Waals surface area (Å²) in [5.74, 6) is -0.392. The quantitative estimate of drug-likeness (QED) is 0.408. The van der Waals surface area contributed by atoms with Crippen molar-refractivity contribution in [2.75, 3.05) is 0 Å². The molecule has 0 saturated carbocycles. The molecule has 1 N–H and O–H groups in total. The number of thioether (sulfide) groups is 1. The number of carbonyl (C=O) groups excluding carboxylic acids is 2. The Kier molecular flexibility index (Phi) is 5.65. The van der Waals surface area contributed by atoms with Gasteiger partial charge < -0.3 is 5.32 Å². The number of carbonyl (C=O) groups is 2. The number of hydrogen-bond donors (Lipinski definition) is 1. The van der Waals surface area contributed by atoms with Gasteiger partial charge in [0.15, 0.2) is 5.78 Å². The van der Waals surface area contributed by atoms with Gasteiger partial charge in [0.05, 0.1) is 0 Å². The van der Waals surface area contributed by atoms with Gasteiger partial charge in [-0.15, -0.1) is 0 Å². The Bertz CT molecular complexity index is 836. The lowest BCUT2D eigenvalue weighted by molar-refractivity contribution is 0.0892. The second kappa shape index (κ2) is 8.31. The van der Waals surface area contributed by atoms with Crippen LogP contribution in [0.1, 0.15) is 20.7 Å². The molecule has 0 spiro atoms. The van der Waals surface area contributed by atoms with Crippen LogP contribution in [0.4, 0.5) is 0 Å². The molecule has 124 valence electrons. The summed E-state index contributed by atoms with van der Waals surface area (Å²) in [6, 6.07) is 27.5. The average molecular weight is 347 g/mol. The summed E-state index contributed by atoms with van der Waals surface area (Å²) >= 11 is 1.33. The molecule has 1 atom stereocenters. The van der Waals surface area contributed by atoms with Crippen molar-refractivity contribution in [3.05, 3.63) is 102 Å². The number of Topliss-reactive ketones (excluding diaryl/α,β-unsaturated/α-hetero) is 1. The van der Waals surface area contributed by atoms with Crippen molar-refractivity contribution in [1.82, 2.24) is 5.32 Å². The number of hydrogen-bond acceptors (Lipinski definition) is 3. The fourth-order valence-corrected chi connectivity index (χ4v) is 3.32. The van der Waals surface area contributed by atoms with Gasteiger partial charge in [-0.05, 0) is 24.3 Å². The van der Waals surface area contributed by atoms with Crippen molar-refractivity contribution in [2.45, 2.75) is 10.3 Å². The molecule has 4 heteroatoms. The molecule has 0 aromatic heterocycles. The molecule has 0 aliphatic carbocycles. The fraction of sp³-hybridized carbons (Fsp3) is 0.0476. The van der Waals surface area contributed by atoms with Crippen molar-refractivity contribution >= 4 is 23.5 Å². The molecule has 3 aromatic rings. The Balaban J connectivity index is 1.83. The summed E-state index contributed by atoms with van der Waals surface area (Å²) in [5.41, 5.74) is 1.10. The summed E-state index contributed by atoms with van der Waals surface area (Å²) in [6.07, 6.45) is 0. The normalized spacial score (nSPS) is 11.5. The van der Waals surface area contributed by atoms with Crippen LogP contribution in [0.2, 0.25) is 0 Å². The maximum atomic E-state index is 12.9. The minimum atomic E-state index is -0.697. The third kappa shape index (κ3) is 4.58. The Morgan fingerprint density at radius 1 is 0.680 bits per heavy atom. The molecule has 3 rings (SSSR count). The lowest BCUT2D eigenvalue weighted by Gasteiger charge is -2.17. The van der Waals surface area contributed by atoms with Crippen LogP contribution in [0.15, 0.2) is 95.9 Å². The highest BCUT2D eigenvalue weighted by Gasteiger charge is 2.23. The molecular weight excluding hydrogens is 330 g/mol. The third-order valence-electron chi connectivity index (χ3n) is 3.59. The Morgan fingerprint density at radius 3 is 1.72 bits per heavy atom. The van der Waals surface area contributed by atoms with Crippen LogP contribution in [0.3, 0.4) is 0 Å². The number of ketones is 1. The van der Waals surface area contributed by atoms with E-state index in [1.807, 2.05) is 54.6 Å². The first kappa shape index (κ1) is 17.0. The minimum Gasteiger partial charge on any atom is -0.333 e. The molecule has 0 fully saturated rings. The summed E-state index contributed by atoms with van der Waals surface area (Å²) in [6.45, 7) is 0. The second-order valence-corrected chi connectivity index (χ2v) is 6.56. The van der Waals surface area contributed by atoms with Gasteiger partial charge in [0.2, 0.25) is 0 Å². The van der Waals surface area contributed by atoms with Crippen LogP contribution < -0.4 is 5.32 Å². The summed E-state index contributed by atoms with van der Waals surface area (Å²) in [7, 11) is 0. The monoisotopic (exact) mass is 347 g/mol. The molecule has 25 heavy (non-hydrogen) atoms. The van der Waals surface area contributed by atoms with E-state index in [1.165, 1.54) is 11.8 Å². The summed E-state index contributed by atoms with van der Waals surface area (Å²) in [5, 5.41) is 2.16. The molecule has 3 nitrogen and oxygen atoms in total. The summed E-state index contributed by atoms with van der Waals surface area (Å²) < 4.78 is 0. The Labute approximate surface area is 151 Å². The van der Waals surface area contributed by atoms with E-state index < -0.39 is 5.37 Å². The number of nitrogens with one attached hydrogen (secondary N) is 1. The highest BCUT2D eigenvalue weighted by Crippen LogP contribution is 2.24. The van der Waals surface area contributed by atoms with E-state index in [4.69, 9.17) is 0 Å². The van der Waals surface area contributed by atoms with Crippen LogP contribution in [0.5, 0.6) is 0 Å². The van der Waals surface area contributed by atoms with Gasteiger partial charge in [0, 0.05) is 16.0 Å². The van der Waals surface area contributed by atoms with Crippen molar-refractivity contribution in [2.24, 2.45) is 0 Å². The zero-order valence-corrected chi connectivity index (χ0v) is 14.3. The second-order valence-electron chi connectivity index (χ2n) is 5.38. The molecule has 1 unspecified atom stereocenters. The van der Waals surface area contributed by atoms with E-state index in [9.17, 15) is 9.59 Å². The maximum absolute atomic E-state index is 12.9. The molecule has 0 aliphatic rings. The first-order valence-electron chi connectivity index (χ1n) is 7.91. The van der Waals surface area contributed by atoms with Crippen molar-refractivity contribution in [1.29, 1.82) is 0 Å². The largest absolute Gasteiger partial charge is 0.333 e. The van der Waals surface area contributed by atoms with Gasteiger partial charge in [0.25, 0.3) is 5.91 Å². The van der Waals surface area contributed by atoms with Crippen LogP contribution in [-0.2, 0) is 0 Å². The molecule has 0 heterocycles. The van der Waals surface area contributed by atoms with E-state index in [0.717, 1.165) is 4.90 Å². The third-order valence-corrected chi connectivity index (χ3v) is 4.70. The standard InChI is InChI=1S/C21H17NO2S/c23-19(16-10-4-1-5-11-16)21(25-18-14-8-3-9-15-18)22-20(24)17-12-6-2-7-13-17/h1-15,21H,(H,22,24). The van der Waals surface area contributed by atoms with E-state index in [0.29, 0.717) is 11.1 Å². The predicted octanol–water partition coefficient (Wildman–Crippen LogP) is 4.42. The molecule has 0 aliphatic heterocycles. The van der Waals surface area contributed by atoms with E-state index in [1.54, 1.807) is 36.4 Å². The zero-order chi connectivity index (χ0) is 17.5. The minimum absolute atomic E-state index is 0.126. The lowest BCUT2D eigenvalue weighted by Crippen LogP contribution is -2.38. The zero-order valence-electron chi connectivity index (χ0n) is 13.5. The SMILES string of the molecule is O=C(NC(Sc1ccccc1)C(=O)c1ccccc1)c1ccccc1. The van der Waals surface area contributed by atoms with Gasteiger partial charge in [0.1, 0.15) is 5.37 Å². The lowest BCUT2D eigenvalue weighted by atomic mass is 10.1. The maximum Gasteiger partial charge on any atom is 0.252 e. The van der Waals surface area contributed by atoms with E-state index in [-0.39, 0.29) is 11.7 Å². The first-order chi connectivity index (χ1) is 12.2. The highest BCUT2D eigenvalue weighted by molar-refractivity contribution is 8.00. The van der Waals surface area contributed by atoms with Gasteiger partial charge in [-0.3, -0.25) is 9.59 Å². The average Bonchev–Trinajstić information content (AvgIpc) is 2.69. The highest BCUT2D eigenvalue weighted by atomic mass is 32.2.